The molecule has 25 heavy (non-hydrogen) atoms. The summed E-state index contributed by atoms with van der Waals surface area (Å²) < 4.78 is 1.13. The van der Waals surface area contributed by atoms with Crippen molar-refractivity contribution >= 4 is 34.2 Å². The van der Waals surface area contributed by atoms with Crippen molar-refractivity contribution < 1.29 is 4.79 Å². The van der Waals surface area contributed by atoms with Crippen LogP contribution in [-0.2, 0) is 0 Å². The Hall–Kier alpha value is -1.56. The molecule has 0 aliphatic carbocycles. The van der Waals surface area contributed by atoms with Gasteiger partial charge in [-0.25, -0.2) is 0 Å². The summed E-state index contributed by atoms with van der Waals surface area (Å²) in [6.07, 6.45) is 2.60. The molecule has 0 radical (unpaired) electrons. The number of hydrogen-bond acceptors (Lipinski definition) is 2. The van der Waals surface area contributed by atoms with Gasteiger partial charge in [0.2, 0.25) is 0 Å². The molecule has 0 bridgehead atoms. The number of piperidine rings is 1. The summed E-state index contributed by atoms with van der Waals surface area (Å²) >= 11 is 2.24. The van der Waals surface area contributed by atoms with Gasteiger partial charge in [0, 0.05) is 27.9 Å². The molecule has 1 amide bonds. The SMILES string of the molecule is CC1CCCN(c2ccc(C(C)NC(=O)c3ccc(I)cc3)cc2)C1. The maximum atomic E-state index is 12.4. The van der Waals surface area contributed by atoms with E-state index in [9.17, 15) is 4.79 Å². The van der Waals surface area contributed by atoms with Crippen molar-refractivity contribution in [2.75, 3.05) is 18.0 Å². The first-order valence-electron chi connectivity index (χ1n) is 8.94. The van der Waals surface area contributed by atoms with Crippen LogP contribution in [0.25, 0.3) is 0 Å². The molecule has 2 aromatic carbocycles. The van der Waals surface area contributed by atoms with Gasteiger partial charge in [0.25, 0.3) is 5.91 Å². The van der Waals surface area contributed by atoms with E-state index in [2.05, 4.69) is 64.0 Å². The van der Waals surface area contributed by atoms with Gasteiger partial charge in [0.15, 0.2) is 0 Å². The Kier molecular flexibility index (Phi) is 5.99. The minimum absolute atomic E-state index is 0.0129. The second kappa shape index (κ2) is 8.21. The summed E-state index contributed by atoms with van der Waals surface area (Å²) in [5.41, 5.74) is 3.12. The minimum Gasteiger partial charge on any atom is -0.371 e. The average molecular weight is 448 g/mol. The maximum absolute atomic E-state index is 12.4. The molecule has 3 nitrogen and oxygen atoms in total. The van der Waals surface area contributed by atoms with Crippen LogP contribution in [0.2, 0.25) is 0 Å². The highest BCUT2D eigenvalue weighted by molar-refractivity contribution is 14.1. The van der Waals surface area contributed by atoms with Crippen LogP contribution in [0.1, 0.15) is 48.7 Å². The number of amides is 1. The molecule has 1 aliphatic rings. The van der Waals surface area contributed by atoms with Crippen molar-refractivity contribution in [3.8, 4) is 0 Å². The van der Waals surface area contributed by atoms with E-state index in [1.165, 1.54) is 18.5 Å². The van der Waals surface area contributed by atoms with Crippen LogP contribution in [0.4, 0.5) is 5.69 Å². The van der Waals surface area contributed by atoms with Gasteiger partial charge in [-0.3, -0.25) is 4.79 Å². The number of nitrogens with zero attached hydrogens (tertiary/aromatic N) is 1. The van der Waals surface area contributed by atoms with E-state index in [4.69, 9.17) is 0 Å². The van der Waals surface area contributed by atoms with Crippen LogP contribution in [0.3, 0.4) is 0 Å². The highest BCUT2D eigenvalue weighted by Crippen LogP contribution is 2.24. The second-order valence-electron chi connectivity index (χ2n) is 6.99. The molecule has 2 atom stereocenters. The van der Waals surface area contributed by atoms with Crippen LogP contribution >= 0.6 is 22.6 Å². The van der Waals surface area contributed by atoms with Gasteiger partial charge in [0.05, 0.1) is 6.04 Å². The molecule has 1 saturated heterocycles. The number of hydrogen-bond donors (Lipinski definition) is 1. The van der Waals surface area contributed by atoms with Gasteiger partial charge in [-0.1, -0.05) is 19.1 Å². The van der Waals surface area contributed by atoms with Crippen molar-refractivity contribution in [3.63, 3.8) is 0 Å². The van der Waals surface area contributed by atoms with Gasteiger partial charge in [-0.2, -0.15) is 0 Å². The molecule has 1 heterocycles. The average Bonchev–Trinajstić information content (AvgIpc) is 2.62. The Balaban J connectivity index is 1.63. The first-order chi connectivity index (χ1) is 12.0. The quantitative estimate of drug-likeness (QED) is 0.667. The molecule has 4 heteroatoms. The lowest BCUT2D eigenvalue weighted by Gasteiger charge is -2.33. The molecule has 2 aromatic rings. The van der Waals surface area contributed by atoms with Gasteiger partial charge in [-0.15, -0.1) is 0 Å². The van der Waals surface area contributed by atoms with Crippen molar-refractivity contribution in [2.45, 2.75) is 32.7 Å². The smallest absolute Gasteiger partial charge is 0.251 e. The Morgan fingerprint density at radius 3 is 2.48 bits per heavy atom. The largest absolute Gasteiger partial charge is 0.371 e. The molecule has 0 aromatic heterocycles. The number of nitrogens with one attached hydrogen (secondary N) is 1. The fourth-order valence-corrected chi connectivity index (χ4v) is 3.72. The lowest BCUT2D eigenvalue weighted by molar-refractivity contribution is 0.0940. The first-order valence-corrected chi connectivity index (χ1v) is 10.0. The standard InChI is InChI=1S/C21H25IN2O/c1-15-4-3-13-24(14-15)20-11-7-17(8-12-20)16(2)23-21(25)18-5-9-19(22)10-6-18/h5-12,15-16H,3-4,13-14H2,1-2H3,(H,23,25). The van der Waals surface area contributed by atoms with Crippen molar-refractivity contribution in [1.29, 1.82) is 0 Å². The summed E-state index contributed by atoms with van der Waals surface area (Å²) in [4.78, 5) is 14.8. The lowest BCUT2D eigenvalue weighted by Crippen LogP contribution is -2.34. The van der Waals surface area contributed by atoms with Crippen molar-refractivity contribution in [1.82, 2.24) is 5.32 Å². The highest BCUT2D eigenvalue weighted by Gasteiger charge is 2.17. The zero-order valence-corrected chi connectivity index (χ0v) is 17.0. The zero-order valence-electron chi connectivity index (χ0n) is 14.8. The summed E-state index contributed by atoms with van der Waals surface area (Å²) in [6.45, 7) is 6.63. The number of carbonyl (C=O) groups excluding carboxylic acids is 1. The third kappa shape index (κ3) is 4.75. The van der Waals surface area contributed by atoms with Crippen LogP contribution in [0, 0.1) is 9.49 Å². The third-order valence-electron chi connectivity index (χ3n) is 4.87. The van der Waals surface area contributed by atoms with E-state index in [0.717, 1.165) is 28.1 Å². The normalized spacial score (nSPS) is 18.7. The summed E-state index contributed by atoms with van der Waals surface area (Å²) in [5.74, 6) is 0.735. The summed E-state index contributed by atoms with van der Waals surface area (Å²) in [6, 6.07) is 16.3. The van der Waals surface area contributed by atoms with E-state index < -0.39 is 0 Å². The molecule has 2 unspecified atom stereocenters. The Bertz CT molecular complexity index is 712. The van der Waals surface area contributed by atoms with E-state index in [1.54, 1.807) is 0 Å². The maximum Gasteiger partial charge on any atom is 0.251 e. The Labute approximate surface area is 164 Å². The van der Waals surface area contributed by atoms with Gasteiger partial charge >= 0.3 is 0 Å². The molecule has 1 aliphatic heterocycles. The number of benzene rings is 2. The van der Waals surface area contributed by atoms with E-state index in [1.807, 2.05) is 31.2 Å². The number of carbonyl (C=O) groups is 1. The zero-order chi connectivity index (χ0) is 17.8. The monoisotopic (exact) mass is 448 g/mol. The fraction of sp³-hybridized carbons (Fsp3) is 0.381. The van der Waals surface area contributed by atoms with E-state index >= 15 is 0 Å². The third-order valence-corrected chi connectivity index (χ3v) is 5.59. The van der Waals surface area contributed by atoms with E-state index in [-0.39, 0.29) is 11.9 Å². The van der Waals surface area contributed by atoms with Crippen molar-refractivity contribution in [3.05, 3.63) is 63.2 Å². The molecule has 132 valence electrons. The summed E-state index contributed by atoms with van der Waals surface area (Å²) in [7, 11) is 0. The number of rotatable bonds is 4. The van der Waals surface area contributed by atoms with Crippen molar-refractivity contribution in [2.24, 2.45) is 5.92 Å². The first kappa shape index (κ1) is 18.2. The molecule has 1 N–H and O–H groups in total. The fourth-order valence-electron chi connectivity index (χ4n) is 3.36. The minimum atomic E-state index is -0.0298. The molecule has 1 fully saturated rings. The predicted molar refractivity (Wildman–Crippen MR) is 112 cm³/mol. The second-order valence-corrected chi connectivity index (χ2v) is 8.23. The molecule has 0 saturated carbocycles. The molecular weight excluding hydrogens is 423 g/mol. The van der Waals surface area contributed by atoms with Gasteiger partial charge < -0.3 is 10.2 Å². The Morgan fingerprint density at radius 2 is 1.84 bits per heavy atom. The highest BCUT2D eigenvalue weighted by atomic mass is 127. The molecule has 3 rings (SSSR count). The molecular formula is C21H25IN2O. The van der Waals surface area contributed by atoms with Gasteiger partial charge in [0.1, 0.15) is 0 Å². The topological polar surface area (TPSA) is 32.3 Å². The number of halogens is 1. The van der Waals surface area contributed by atoms with Gasteiger partial charge in [-0.05, 0) is 90.2 Å². The van der Waals surface area contributed by atoms with E-state index in [0.29, 0.717) is 5.56 Å². The van der Waals surface area contributed by atoms with Crippen LogP contribution in [0.5, 0.6) is 0 Å². The summed E-state index contributed by atoms with van der Waals surface area (Å²) in [5, 5.41) is 3.08. The Morgan fingerprint density at radius 1 is 1.16 bits per heavy atom. The lowest BCUT2D eigenvalue weighted by atomic mass is 9.99. The molecule has 0 spiro atoms. The van der Waals surface area contributed by atoms with Crippen LogP contribution < -0.4 is 10.2 Å². The van der Waals surface area contributed by atoms with Crippen LogP contribution in [-0.4, -0.2) is 19.0 Å². The van der Waals surface area contributed by atoms with Crippen LogP contribution in [0.15, 0.2) is 48.5 Å². The predicted octanol–water partition coefficient (Wildman–Crippen LogP) is 5.02. The number of anilines is 1.